The molecular formula is C13H19N3O. The third-order valence-corrected chi connectivity index (χ3v) is 3.24. The van der Waals surface area contributed by atoms with Crippen LogP contribution in [-0.2, 0) is 6.54 Å². The van der Waals surface area contributed by atoms with Gasteiger partial charge in [-0.05, 0) is 24.9 Å². The van der Waals surface area contributed by atoms with Crippen molar-refractivity contribution in [3.8, 4) is 0 Å². The first-order valence-corrected chi connectivity index (χ1v) is 6.07. The molecule has 1 saturated heterocycles. The van der Waals surface area contributed by atoms with Crippen LogP contribution in [0, 0.1) is 0 Å². The molecule has 0 spiro atoms. The van der Waals surface area contributed by atoms with Crippen molar-refractivity contribution < 1.29 is 4.79 Å². The van der Waals surface area contributed by atoms with Gasteiger partial charge in [0.2, 0.25) is 0 Å². The van der Waals surface area contributed by atoms with E-state index in [4.69, 9.17) is 5.73 Å². The molecule has 1 unspecified atom stereocenters. The minimum atomic E-state index is -0.434. The van der Waals surface area contributed by atoms with Gasteiger partial charge in [-0.1, -0.05) is 30.3 Å². The van der Waals surface area contributed by atoms with Crippen LogP contribution in [0.15, 0.2) is 30.3 Å². The van der Waals surface area contributed by atoms with Crippen LogP contribution in [0.4, 0.5) is 4.79 Å². The summed E-state index contributed by atoms with van der Waals surface area (Å²) < 4.78 is 0. The molecule has 0 radical (unpaired) electrons. The van der Waals surface area contributed by atoms with Crippen molar-refractivity contribution in [1.82, 2.24) is 10.2 Å². The molecule has 4 nitrogen and oxygen atoms in total. The Bertz CT molecular complexity index is 366. The third kappa shape index (κ3) is 3.46. The zero-order valence-electron chi connectivity index (χ0n) is 9.93. The van der Waals surface area contributed by atoms with Crippen LogP contribution in [-0.4, -0.2) is 30.1 Å². The minimum Gasteiger partial charge on any atom is -0.352 e. The highest BCUT2D eigenvalue weighted by atomic mass is 16.2. The summed E-state index contributed by atoms with van der Waals surface area (Å²) >= 11 is 0. The summed E-state index contributed by atoms with van der Waals surface area (Å²) in [7, 11) is 0. The molecule has 0 aliphatic carbocycles. The van der Waals surface area contributed by atoms with E-state index in [0.29, 0.717) is 12.6 Å². The number of amides is 2. The summed E-state index contributed by atoms with van der Waals surface area (Å²) in [5, 5.41) is 2.70. The lowest BCUT2D eigenvalue weighted by Gasteiger charge is -2.24. The Morgan fingerprint density at radius 1 is 1.41 bits per heavy atom. The molecule has 0 saturated carbocycles. The SMILES string of the molecule is NC(=O)NCC1CCCN1Cc1ccccc1. The van der Waals surface area contributed by atoms with E-state index in [0.717, 1.165) is 19.5 Å². The number of carbonyl (C=O) groups excluding carboxylic acids is 1. The second-order valence-corrected chi connectivity index (χ2v) is 4.50. The molecule has 17 heavy (non-hydrogen) atoms. The van der Waals surface area contributed by atoms with E-state index in [-0.39, 0.29) is 0 Å². The summed E-state index contributed by atoms with van der Waals surface area (Å²) in [6, 6.07) is 10.4. The fourth-order valence-electron chi connectivity index (χ4n) is 2.37. The molecule has 1 aromatic rings. The fourth-order valence-corrected chi connectivity index (χ4v) is 2.37. The first-order valence-electron chi connectivity index (χ1n) is 6.07. The second-order valence-electron chi connectivity index (χ2n) is 4.50. The van der Waals surface area contributed by atoms with Crippen LogP contribution in [0.5, 0.6) is 0 Å². The molecule has 0 aromatic heterocycles. The Morgan fingerprint density at radius 3 is 2.88 bits per heavy atom. The molecule has 1 fully saturated rings. The lowest BCUT2D eigenvalue weighted by Crippen LogP contribution is -2.41. The molecule has 1 heterocycles. The molecule has 1 atom stereocenters. The highest BCUT2D eigenvalue weighted by molar-refractivity contribution is 5.71. The van der Waals surface area contributed by atoms with Gasteiger partial charge in [-0.3, -0.25) is 4.90 Å². The number of nitrogens with zero attached hydrogens (tertiary/aromatic N) is 1. The summed E-state index contributed by atoms with van der Waals surface area (Å²) in [4.78, 5) is 13.1. The van der Waals surface area contributed by atoms with Crippen LogP contribution in [0.3, 0.4) is 0 Å². The summed E-state index contributed by atoms with van der Waals surface area (Å²) in [6.07, 6.45) is 2.32. The largest absolute Gasteiger partial charge is 0.352 e. The van der Waals surface area contributed by atoms with Gasteiger partial charge < -0.3 is 11.1 Å². The Morgan fingerprint density at radius 2 is 2.18 bits per heavy atom. The number of urea groups is 1. The highest BCUT2D eigenvalue weighted by Crippen LogP contribution is 2.19. The van der Waals surface area contributed by atoms with Gasteiger partial charge in [0, 0.05) is 19.1 Å². The summed E-state index contributed by atoms with van der Waals surface area (Å²) in [5.41, 5.74) is 6.42. The van der Waals surface area contributed by atoms with Gasteiger partial charge in [0.1, 0.15) is 0 Å². The third-order valence-electron chi connectivity index (χ3n) is 3.24. The van der Waals surface area contributed by atoms with Gasteiger partial charge in [0.05, 0.1) is 0 Å². The van der Waals surface area contributed by atoms with Gasteiger partial charge in [0.15, 0.2) is 0 Å². The number of rotatable bonds is 4. The van der Waals surface area contributed by atoms with Crippen LogP contribution < -0.4 is 11.1 Å². The van der Waals surface area contributed by atoms with Gasteiger partial charge in [0.25, 0.3) is 0 Å². The number of hydrogen-bond acceptors (Lipinski definition) is 2. The summed E-state index contributed by atoms with van der Waals surface area (Å²) in [6.45, 7) is 2.70. The number of nitrogens with two attached hydrogens (primary N) is 1. The Kier molecular flexibility index (Phi) is 3.98. The van der Waals surface area contributed by atoms with E-state index in [9.17, 15) is 4.79 Å². The molecule has 3 N–H and O–H groups in total. The average Bonchev–Trinajstić information content (AvgIpc) is 2.75. The Labute approximate surface area is 102 Å². The van der Waals surface area contributed by atoms with Crippen LogP contribution in [0.1, 0.15) is 18.4 Å². The topological polar surface area (TPSA) is 58.4 Å². The Balaban J connectivity index is 1.89. The minimum absolute atomic E-state index is 0.419. The fraction of sp³-hybridized carbons (Fsp3) is 0.462. The maximum absolute atomic E-state index is 10.7. The number of nitrogens with one attached hydrogen (secondary N) is 1. The first kappa shape index (κ1) is 11.9. The van der Waals surface area contributed by atoms with Crippen molar-refractivity contribution in [3.63, 3.8) is 0 Å². The second kappa shape index (κ2) is 5.68. The van der Waals surface area contributed by atoms with E-state index in [2.05, 4.69) is 34.5 Å². The van der Waals surface area contributed by atoms with E-state index in [1.807, 2.05) is 6.07 Å². The molecule has 2 amide bonds. The number of likely N-dealkylation sites (tertiary alicyclic amines) is 1. The molecule has 1 aromatic carbocycles. The first-order chi connectivity index (χ1) is 8.25. The van der Waals surface area contributed by atoms with E-state index in [1.54, 1.807) is 0 Å². The molecule has 92 valence electrons. The number of hydrogen-bond donors (Lipinski definition) is 2. The van der Waals surface area contributed by atoms with Crippen LogP contribution in [0.25, 0.3) is 0 Å². The number of primary amides is 1. The van der Waals surface area contributed by atoms with Crippen molar-refractivity contribution >= 4 is 6.03 Å². The van der Waals surface area contributed by atoms with Crippen molar-refractivity contribution in [2.75, 3.05) is 13.1 Å². The van der Waals surface area contributed by atoms with Crippen molar-refractivity contribution in [2.24, 2.45) is 5.73 Å². The van der Waals surface area contributed by atoms with Gasteiger partial charge in [-0.2, -0.15) is 0 Å². The lowest BCUT2D eigenvalue weighted by atomic mass is 10.2. The smallest absolute Gasteiger partial charge is 0.312 e. The standard InChI is InChI=1S/C13H19N3O/c14-13(17)15-9-12-7-4-8-16(12)10-11-5-2-1-3-6-11/h1-3,5-6,12H,4,7-10H2,(H3,14,15,17). The maximum Gasteiger partial charge on any atom is 0.312 e. The van der Waals surface area contributed by atoms with Crippen LogP contribution >= 0.6 is 0 Å². The zero-order chi connectivity index (χ0) is 12.1. The molecule has 2 rings (SSSR count). The molecule has 1 aliphatic rings. The lowest BCUT2D eigenvalue weighted by molar-refractivity contribution is 0.227. The van der Waals surface area contributed by atoms with E-state index >= 15 is 0 Å². The molecule has 4 heteroatoms. The monoisotopic (exact) mass is 233 g/mol. The predicted molar refractivity (Wildman–Crippen MR) is 67.5 cm³/mol. The number of benzene rings is 1. The maximum atomic E-state index is 10.7. The van der Waals surface area contributed by atoms with Gasteiger partial charge in [-0.25, -0.2) is 4.79 Å². The zero-order valence-corrected chi connectivity index (χ0v) is 9.93. The van der Waals surface area contributed by atoms with Gasteiger partial charge >= 0.3 is 6.03 Å². The Hall–Kier alpha value is -1.55. The average molecular weight is 233 g/mol. The quantitative estimate of drug-likeness (QED) is 0.824. The highest BCUT2D eigenvalue weighted by Gasteiger charge is 2.24. The molecule has 0 bridgehead atoms. The predicted octanol–water partition coefficient (Wildman–Crippen LogP) is 1.32. The molecular weight excluding hydrogens is 214 g/mol. The van der Waals surface area contributed by atoms with Crippen molar-refractivity contribution in [2.45, 2.75) is 25.4 Å². The van der Waals surface area contributed by atoms with E-state index < -0.39 is 6.03 Å². The van der Waals surface area contributed by atoms with E-state index in [1.165, 1.54) is 12.0 Å². The summed E-state index contributed by atoms with van der Waals surface area (Å²) in [5.74, 6) is 0. The normalized spacial score (nSPS) is 20.4. The molecule has 1 aliphatic heterocycles. The van der Waals surface area contributed by atoms with Crippen molar-refractivity contribution in [3.05, 3.63) is 35.9 Å². The van der Waals surface area contributed by atoms with Gasteiger partial charge in [-0.15, -0.1) is 0 Å². The van der Waals surface area contributed by atoms with Crippen LogP contribution in [0.2, 0.25) is 0 Å². The van der Waals surface area contributed by atoms with Crippen molar-refractivity contribution in [1.29, 1.82) is 0 Å². The number of carbonyl (C=O) groups is 1.